The third-order valence-corrected chi connectivity index (χ3v) is 3.96. The first-order chi connectivity index (χ1) is 7.79. The van der Waals surface area contributed by atoms with E-state index in [-0.39, 0.29) is 5.60 Å². The molecule has 96 valence electrons. The second-order valence-electron chi connectivity index (χ2n) is 5.04. The van der Waals surface area contributed by atoms with E-state index in [2.05, 4.69) is 26.2 Å². The quantitative estimate of drug-likeness (QED) is 0.718. The predicted molar refractivity (Wildman–Crippen MR) is 69.8 cm³/mol. The fraction of sp³-hybridized carbons (Fsp3) is 1.00. The van der Waals surface area contributed by atoms with E-state index < -0.39 is 0 Å². The zero-order valence-electron chi connectivity index (χ0n) is 11.3. The van der Waals surface area contributed by atoms with Gasteiger partial charge in [0.2, 0.25) is 0 Å². The predicted octanol–water partition coefficient (Wildman–Crippen LogP) is 3.50. The van der Waals surface area contributed by atoms with Gasteiger partial charge in [0.05, 0.1) is 5.60 Å². The Morgan fingerprint density at radius 1 is 1.19 bits per heavy atom. The van der Waals surface area contributed by atoms with Gasteiger partial charge in [0.15, 0.2) is 0 Å². The van der Waals surface area contributed by atoms with Crippen LogP contribution in [0.25, 0.3) is 0 Å². The Balaban J connectivity index is 2.63. The topological polar surface area (TPSA) is 21.3 Å². The maximum Gasteiger partial charge on any atom is 0.0834 e. The monoisotopic (exact) mass is 227 g/mol. The molecule has 1 rings (SSSR count). The summed E-state index contributed by atoms with van der Waals surface area (Å²) < 4.78 is 6.16. The molecule has 0 radical (unpaired) electrons. The molecule has 1 aliphatic rings. The molecule has 0 bridgehead atoms. The molecule has 0 aromatic heterocycles. The van der Waals surface area contributed by atoms with Crippen LogP contribution in [0.2, 0.25) is 0 Å². The van der Waals surface area contributed by atoms with E-state index in [4.69, 9.17) is 4.74 Å². The zero-order chi connectivity index (χ0) is 11.9. The lowest BCUT2D eigenvalue weighted by Crippen LogP contribution is -2.52. The molecular weight excluding hydrogens is 198 g/mol. The Kier molecular flexibility index (Phi) is 6.37. The first-order valence-electron chi connectivity index (χ1n) is 7.10. The molecule has 0 heterocycles. The van der Waals surface area contributed by atoms with Crippen molar-refractivity contribution in [1.82, 2.24) is 5.32 Å². The summed E-state index contributed by atoms with van der Waals surface area (Å²) in [5, 5.41) is 3.51. The molecule has 2 nitrogen and oxygen atoms in total. The Labute approximate surface area is 101 Å². The highest BCUT2D eigenvalue weighted by Crippen LogP contribution is 2.36. The van der Waals surface area contributed by atoms with Crippen LogP contribution in [-0.4, -0.2) is 25.3 Å². The molecule has 1 aliphatic carbocycles. The van der Waals surface area contributed by atoms with Crippen molar-refractivity contribution >= 4 is 0 Å². The molecule has 0 saturated heterocycles. The second-order valence-corrected chi connectivity index (χ2v) is 5.04. The van der Waals surface area contributed by atoms with Crippen molar-refractivity contribution in [2.45, 2.75) is 76.9 Å². The minimum Gasteiger partial charge on any atom is -0.374 e. The van der Waals surface area contributed by atoms with Gasteiger partial charge in [0.25, 0.3) is 0 Å². The van der Waals surface area contributed by atoms with Crippen LogP contribution >= 0.6 is 0 Å². The third-order valence-electron chi connectivity index (χ3n) is 3.96. The van der Waals surface area contributed by atoms with Crippen molar-refractivity contribution in [1.29, 1.82) is 0 Å². The van der Waals surface area contributed by atoms with E-state index in [1.807, 2.05) is 0 Å². The lowest BCUT2D eigenvalue weighted by Gasteiger charge is -2.43. The van der Waals surface area contributed by atoms with Gasteiger partial charge in [-0.1, -0.05) is 39.0 Å². The summed E-state index contributed by atoms with van der Waals surface area (Å²) >= 11 is 0. The van der Waals surface area contributed by atoms with Gasteiger partial charge in [-0.3, -0.25) is 0 Å². The van der Waals surface area contributed by atoms with Crippen LogP contribution in [0, 0.1) is 0 Å². The van der Waals surface area contributed by atoms with Gasteiger partial charge in [-0.15, -0.1) is 0 Å². The van der Waals surface area contributed by atoms with Gasteiger partial charge in [-0.25, -0.2) is 0 Å². The molecule has 16 heavy (non-hydrogen) atoms. The first kappa shape index (κ1) is 14.0. The summed E-state index contributed by atoms with van der Waals surface area (Å²) in [6.07, 6.45) is 10.4. The van der Waals surface area contributed by atoms with Crippen molar-refractivity contribution in [3.63, 3.8) is 0 Å². The van der Waals surface area contributed by atoms with Crippen molar-refractivity contribution in [3.05, 3.63) is 0 Å². The summed E-state index contributed by atoms with van der Waals surface area (Å²) in [4.78, 5) is 0. The molecule has 1 fully saturated rings. The maximum absolute atomic E-state index is 6.16. The molecule has 1 unspecified atom stereocenters. The van der Waals surface area contributed by atoms with Gasteiger partial charge in [-0.05, 0) is 33.2 Å². The average molecular weight is 227 g/mol. The summed E-state index contributed by atoms with van der Waals surface area (Å²) in [5.41, 5.74) is 0.136. The van der Waals surface area contributed by atoms with Crippen LogP contribution in [0.5, 0.6) is 0 Å². The highest BCUT2D eigenvalue weighted by molar-refractivity contribution is 4.94. The molecule has 0 aromatic carbocycles. The number of ether oxygens (including phenoxy) is 1. The zero-order valence-corrected chi connectivity index (χ0v) is 11.3. The van der Waals surface area contributed by atoms with Crippen molar-refractivity contribution in [3.8, 4) is 0 Å². The molecule has 2 heteroatoms. The molecule has 0 aromatic rings. The Hall–Kier alpha value is -0.0800. The van der Waals surface area contributed by atoms with Gasteiger partial charge in [0, 0.05) is 12.6 Å². The standard InChI is InChI=1S/C14H29NO/c1-4-6-10-13(15-3)14(16-5-2)11-8-7-9-12-14/h13,15H,4-12H2,1-3H3. The fourth-order valence-corrected chi connectivity index (χ4v) is 3.11. The molecule has 0 spiro atoms. The molecule has 0 aliphatic heterocycles. The number of hydrogen-bond donors (Lipinski definition) is 1. The molecule has 0 amide bonds. The fourth-order valence-electron chi connectivity index (χ4n) is 3.11. The molecule has 1 atom stereocenters. The van der Waals surface area contributed by atoms with Crippen LogP contribution in [-0.2, 0) is 4.74 Å². The number of hydrogen-bond acceptors (Lipinski definition) is 2. The number of likely N-dealkylation sites (N-methyl/N-ethyl adjacent to an activating group) is 1. The Morgan fingerprint density at radius 2 is 1.88 bits per heavy atom. The maximum atomic E-state index is 6.16. The lowest BCUT2D eigenvalue weighted by atomic mass is 9.77. The average Bonchev–Trinajstić information content (AvgIpc) is 2.31. The minimum absolute atomic E-state index is 0.136. The number of rotatable bonds is 7. The van der Waals surface area contributed by atoms with E-state index in [0.717, 1.165) is 6.61 Å². The lowest BCUT2D eigenvalue weighted by molar-refractivity contribution is -0.0903. The van der Waals surface area contributed by atoms with E-state index >= 15 is 0 Å². The minimum atomic E-state index is 0.136. The van der Waals surface area contributed by atoms with Crippen molar-refractivity contribution < 1.29 is 4.74 Å². The molecule has 1 N–H and O–H groups in total. The van der Waals surface area contributed by atoms with Crippen molar-refractivity contribution in [2.75, 3.05) is 13.7 Å². The normalized spacial score (nSPS) is 21.9. The van der Waals surface area contributed by atoms with Crippen LogP contribution in [0.3, 0.4) is 0 Å². The van der Waals surface area contributed by atoms with Gasteiger partial charge in [-0.2, -0.15) is 0 Å². The highest BCUT2D eigenvalue weighted by Gasteiger charge is 2.39. The van der Waals surface area contributed by atoms with E-state index in [9.17, 15) is 0 Å². The van der Waals surface area contributed by atoms with Gasteiger partial charge < -0.3 is 10.1 Å². The van der Waals surface area contributed by atoms with Crippen LogP contribution < -0.4 is 5.32 Å². The van der Waals surface area contributed by atoms with E-state index in [1.165, 1.54) is 51.4 Å². The summed E-state index contributed by atoms with van der Waals surface area (Å²) in [7, 11) is 2.09. The molecule has 1 saturated carbocycles. The smallest absolute Gasteiger partial charge is 0.0834 e. The number of unbranched alkanes of at least 4 members (excludes halogenated alkanes) is 1. The Bertz CT molecular complexity index is 170. The van der Waals surface area contributed by atoms with Gasteiger partial charge >= 0.3 is 0 Å². The molecular formula is C14H29NO. The van der Waals surface area contributed by atoms with Crippen LogP contribution in [0.4, 0.5) is 0 Å². The van der Waals surface area contributed by atoms with Crippen LogP contribution in [0.1, 0.15) is 65.2 Å². The summed E-state index contributed by atoms with van der Waals surface area (Å²) in [5.74, 6) is 0. The van der Waals surface area contributed by atoms with Crippen molar-refractivity contribution in [2.24, 2.45) is 0 Å². The highest BCUT2D eigenvalue weighted by atomic mass is 16.5. The number of nitrogens with one attached hydrogen (secondary N) is 1. The largest absolute Gasteiger partial charge is 0.374 e. The summed E-state index contributed by atoms with van der Waals surface area (Å²) in [6.45, 7) is 5.24. The van der Waals surface area contributed by atoms with E-state index in [0.29, 0.717) is 6.04 Å². The second kappa shape index (κ2) is 7.29. The van der Waals surface area contributed by atoms with Crippen LogP contribution in [0.15, 0.2) is 0 Å². The third kappa shape index (κ3) is 3.46. The SMILES string of the molecule is CCCCC(NC)C1(OCC)CCCCC1. The van der Waals surface area contributed by atoms with Gasteiger partial charge in [0.1, 0.15) is 0 Å². The Morgan fingerprint density at radius 3 is 2.38 bits per heavy atom. The first-order valence-corrected chi connectivity index (χ1v) is 7.10. The summed E-state index contributed by atoms with van der Waals surface area (Å²) in [6, 6.07) is 0.549. The van der Waals surface area contributed by atoms with E-state index in [1.54, 1.807) is 0 Å².